The van der Waals surface area contributed by atoms with E-state index >= 15 is 0 Å². The molecule has 0 fully saturated rings. The Labute approximate surface area is 167 Å². The number of rotatable bonds is 14. The zero-order valence-corrected chi connectivity index (χ0v) is 20.5. The van der Waals surface area contributed by atoms with E-state index in [0.29, 0.717) is 12.2 Å². The Hall–Kier alpha value is -0.556. The van der Waals surface area contributed by atoms with Gasteiger partial charge < -0.3 is 26.9 Å². The van der Waals surface area contributed by atoms with Crippen molar-refractivity contribution in [3.8, 4) is 0 Å². The first-order valence-electron chi connectivity index (χ1n) is 9.28. The van der Waals surface area contributed by atoms with E-state index in [4.69, 9.17) is 26.9 Å². The Balaban J connectivity index is 0. The van der Waals surface area contributed by atoms with Crippen LogP contribution in [0.15, 0.2) is 12.2 Å². The van der Waals surface area contributed by atoms with E-state index in [1.54, 1.807) is 42.5 Å². The Morgan fingerprint density at radius 3 is 1.74 bits per heavy atom. The zero-order chi connectivity index (χ0) is 21.3. The molecule has 0 atom stereocenters. The van der Waals surface area contributed by atoms with Gasteiger partial charge in [-0.05, 0) is 32.4 Å². The molecule has 0 aromatic carbocycles. The van der Waals surface area contributed by atoms with E-state index < -0.39 is 17.4 Å². The SMILES string of the molecule is C=C(C)C(=O)OCCC[Si](C)(OC)OC.CCCCC[Si](OC)(OC)OC. The minimum Gasteiger partial charge on any atom is -0.462 e. The fourth-order valence-electron chi connectivity index (χ4n) is 2.12. The average Bonchev–Trinajstić information content (AvgIpc) is 2.69. The molecule has 0 spiro atoms. The summed E-state index contributed by atoms with van der Waals surface area (Å²) in [5.41, 5.74) is 0.425. The molecule has 0 amide bonds. The molecule has 0 aromatic heterocycles. The van der Waals surface area contributed by atoms with Gasteiger partial charge in [0.05, 0.1) is 6.61 Å². The van der Waals surface area contributed by atoms with E-state index in [-0.39, 0.29) is 5.97 Å². The predicted octanol–water partition coefficient (Wildman–Crippen LogP) is 3.92. The van der Waals surface area contributed by atoms with Crippen molar-refractivity contribution >= 4 is 23.3 Å². The van der Waals surface area contributed by atoms with E-state index in [2.05, 4.69) is 13.5 Å². The lowest BCUT2D eigenvalue weighted by molar-refractivity contribution is -0.138. The van der Waals surface area contributed by atoms with Gasteiger partial charge in [0.25, 0.3) is 0 Å². The van der Waals surface area contributed by atoms with Crippen molar-refractivity contribution < 1.29 is 31.7 Å². The van der Waals surface area contributed by atoms with Crippen LogP contribution in [0.25, 0.3) is 0 Å². The van der Waals surface area contributed by atoms with E-state index in [1.807, 2.05) is 6.55 Å². The third-order valence-corrected chi connectivity index (χ3v) is 10.1. The molecule has 0 radical (unpaired) electrons. The van der Waals surface area contributed by atoms with Crippen LogP contribution < -0.4 is 0 Å². The first-order chi connectivity index (χ1) is 12.7. The molecule has 0 aliphatic heterocycles. The van der Waals surface area contributed by atoms with Gasteiger partial charge in [0.2, 0.25) is 0 Å². The molecule has 162 valence electrons. The number of esters is 1. The zero-order valence-electron chi connectivity index (χ0n) is 18.5. The van der Waals surface area contributed by atoms with Crippen LogP contribution in [0.4, 0.5) is 0 Å². The predicted molar refractivity (Wildman–Crippen MR) is 112 cm³/mol. The van der Waals surface area contributed by atoms with Crippen LogP contribution in [-0.4, -0.2) is 65.5 Å². The molecule has 0 aromatic rings. The topological polar surface area (TPSA) is 72.5 Å². The summed E-state index contributed by atoms with van der Waals surface area (Å²) in [6.07, 6.45) is 4.30. The fourth-order valence-corrected chi connectivity index (χ4v) is 5.27. The summed E-state index contributed by atoms with van der Waals surface area (Å²) in [6.45, 7) is 9.68. The lowest BCUT2D eigenvalue weighted by atomic mass is 10.3. The maximum absolute atomic E-state index is 11.0. The molecule has 0 heterocycles. The minimum absolute atomic E-state index is 0.340. The lowest BCUT2D eigenvalue weighted by Crippen LogP contribution is -2.42. The Kier molecular flexibility index (Phi) is 17.4. The molecule has 0 saturated carbocycles. The average molecular weight is 425 g/mol. The van der Waals surface area contributed by atoms with E-state index in [0.717, 1.165) is 24.9 Å². The molecule has 0 unspecified atom stereocenters. The molecule has 27 heavy (non-hydrogen) atoms. The maximum Gasteiger partial charge on any atom is 0.500 e. The molecule has 0 aliphatic rings. The van der Waals surface area contributed by atoms with E-state index in [1.165, 1.54) is 12.8 Å². The summed E-state index contributed by atoms with van der Waals surface area (Å²) in [5.74, 6) is -0.340. The monoisotopic (exact) mass is 424 g/mol. The summed E-state index contributed by atoms with van der Waals surface area (Å²) in [4.78, 5) is 11.0. The molecule has 0 N–H and O–H groups in total. The van der Waals surface area contributed by atoms with Crippen molar-refractivity contribution in [3.05, 3.63) is 12.2 Å². The van der Waals surface area contributed by atoms with Crippen LogP contribution in [0.2, 0.25) is 18.6 Å². The molecule has 0 rings (SSSR count). The van der Waals surface area contributed by atoms with Gasteiger partial charge >= 0.3 is 23.3 Å². The van der Waals surface area contributed by atoms with Crippen LogP contribution in [0.3, 0.4) is 0 Å². The van der Waals surface area contributed by atoms with Crippen molar-refractivity contribution in [3.63, 3.8) is 0 Å². The highest BCUT2D eigenvalue weighted by Crippen LogP contribution is 2.16. The van der Waals surface area contributed by atoms with Crippen molar-refractivity contribution in [1.29, 1.82) is 0 Å². The highest BCUT2D eigenvalue weighted by Gasteiger charge is 2.36. The number of hydrogen-bond donors (Lipinski definition) is 0. The highest BCUT2D eigenvalue weighted by molar-refractivity contribution is 6.65. The van der Waals surface area contributed by atoms with Gasteiger partial charge in [0.1, 0.15) is 0 Å². The number of unbranched alkanes of at least 4 members (excludes halogenated alkanes) is 2. The quantitative estimate of drug-likeness (QED) is 0.181. The summed E-state index contributed by atoms with van der Waals surface area (Å²) in [7, 11) is 4.01. The van der Waals surface area contributed by atoms with Gasteiger partial charge in [0.15, 0.2) is 0 Å². The molecular formula is C18H40O7Si2. The second-order valence-corrected chi connectivity index (χ2v) is 13.0. The largest absolute Gasteiger partial charge is 0.500 e. The maximum atomic E-state index is 11.0. The van der Waals surface area contributed by atoms with Gasteiger partial charge in [-0.3, -0.25) is 0 Å². The van der Waals surface area contributed by atoms with Gasteiger partial charge in [-0.2, -0.15) is 0 Å². The Bertz CT molecular complexity index is 389. The number of carbonyl (C=O) groups is 1. The summed E-state index contributed by atoms with van der Waals surface area (Å²) < 4.78 is 31.4. The number of carbonyl (C=O) groups excluding carboxylic acids is 1. The first-order valence-corrected chi connectivity index (χ1v) is 13.7. The van der Waals surface area contributed by atoms with Gasteiger partial charge in [-0.25, -0.2) is 4.79 Å². The van der Waals surface area contributed by atoms with Crippen LogP contribution in [-0.2, 0) is 31.7 Å². The third-order valence-electron chi connectivity index (χ3n) is 4.24. The molecule has 0 aliphatic carbocycles. The van der Waals surface area contributed by atoms with Crippen LogP contribution in [0, 0.1) is 0 Å². The summed E-state index contributed by atoms with van der Waals surface area (Å²) in [6, 6.07) is 1.73. The molecule has 0 bridgehead atoms. The van der Waals surface area contributed by atoms with Crippen molar-refractivity contribution in [2.75, 3.05) is 42.2 Å². The number of hydrogen-bond acceptors (Lipinski definition) is 7. The standard InChI is InChI=1S/C10H20O4Si.C8H20O3Si/c1-9(2)10(11)14-7-6-8-15(5,12-3)13-4;1-5-6-7-8-12(9-2,10-3)11-4/h1,6-8H2,2-5H3;5-8H2,1-4H3. The van der Waals surface area contributed by atoms with Gasteiger partial charge in [0, 0.05) is 47.2 Å². The highest BCUT2D eigenvalue weighted by atomic mass is 28.4. The van der Waals surface area contributed by atoms with Gasteiger partial charge in [-0.15, -0.1) is 0 Å². The molecule has 9 heteroatoms. The normalized spacial score (nSPS) is 11.6. The van der Waals surface area contributed by atoms with E-state index in [9.17, 15) is 4.79 Å². The Morgan fingerprint density at radius 1 is 0.852 bits per heavy atom. The first kappa shape index (κ1) is 28.7. The second-order valence-electron chi connectivity index (χ2n) is 6.31. The fraction of sp³-hybridized carbons (Fsp3) is 0.833. The van der Waals surface area contributed by atoms with Crippen LogP contribution in [0.5, 0.6) is 0 Å². The smallest absolute Gasteiger partial charge is 0.462 e. The lowest BCUT2D eigenvalue weighted by Gasteiger charge is -2.23. The Morgan fingerprint density at radius 2 is 1.37 bits per heavy atom. The third kappa shape index (κ3) is 13.3. The summed E-state index contributed by atoms with van der Waals surface area (Å²) >= 11 is 0. The van der Waals surface area contributed by atoms with Gasteiger partial charge in [-0.1, -0.05) is 26.3 Å². The van der Waals surface area contributed by atoms with Crippen molar-refractivity contribution in [2.45, 2.75) is 58.2 Å². The van der Waals surface area contributed by atoms with Crippen molar-refractivity contribution in [2.24, 2.45) is 0 Å². The number of ether oxygens (including phenoxy) is 1. The van der Waals surface area contributed by atoms with Crippen molar-refractivity contribution in [1.82, 2.24) is 0 Å². The second kappa shape index (κ2) is 16.4. The van der Waals surface area contributed by atoms with Crippen LogP contribution >= 0.6 is 0 Å². The summed E-state index contributed by atoms with van der Waals surface area (Å²) in [5, 5.41) is 0. The molecular weight excluding hydrogens is 384 g/mol. The minimum atomic E-state index is -2.25. The molecule has 7 nitrogen and oxygen atoms in total. The van der Waals surface area contributed by atoms with Crippen LogP contribution in [0.1, 0.15) is 39.5 Å². The molecule has 0 saturated heterocycles.